The molecule has 3 aromatic rings. The Morgan fingerprint density at radius 2 is 2.21 bits per heavy atom. The highest BCUT2D eigenvalue weighted by molar-refractivity contribution is 7.12. The molecule has 1 aromatic carbocycles. The van der Waals surface area contributed by atoms with E-state index in [1.165, 1.54) is 11.3 Å². The number of H-pyrrole nitrogens is 1. The second-order valence-electron chi connectivity index (χ2n) is 4.47. The molecule has 0 aliphatic rings. The first-order chi connectivity index (χ1) is 9.29. The molecule has 4 heteroatoms. The predicted molar refractivity (Wildman–Crippen MR) is 77.8 cm³/mol. The van der Waals surface area contributed by atoms with Crippen LogP contribution in [0.3, 0.4) is 0 Å². The van der Waals surface area contributed by atoms with Gasteiger partial charge in [-0.1, -0.05) is 31.5 Å². The fraction of sp³-hybridized carbons (Fsp3) is 0.200. The fourth-order valence-electron chi connectivity index (χ4n) is 2.16. The molecule has 3 rings (SSSR count). The lowest BCUT2D eigenvalue weighted by Gasteiger charge is -1.95. The summed E-state index contributed by atoms with van der Waals surface area (Å²) >= 11 is 1.43. The molecule has 0 aliphatic carbocycles. The first-order valence-corrected chi connectivity index (χ1v) is 7.22. The van der Waals surface area contributed by atoms with Crippen molar-refractivity contribution in [2.24, 2.45) is 0 Å². The molecule has 0 atom stereocenters. The van der Waals surface area contributed by atoms with Crippen LogP contribution in [0.15, 0.2) is 35.8 Å². The molecule has 2 aromatic heterocycles. The van der Waals surface area contributed by atoms with E-state index in [1.807, 2.05) is 29.6 Å². The Kier molecular flexibility index (Phi) is 3.17. The molecule has 0 saturated carbocycles. The third kappa shape index (κ3) is 2.19. The van der Waals surface area contributed by atoms with Gasteiger partial charge in [-0.25, -0.2) is 4.98 Å². The zero-order valence-electron chi connectivity index (χ0n) is 10.6. The summed E-state index contributed by atoms with van der Waals surface area (Å²) in [6, 6.07) is 7.82. The number of carbonyl (C=O) groups excluding carboxylic acids is 1. The van der Waals surface area contributed by atoms with E-state index in [2.05, 4.69) is 16.9 Å². The van der Waals surface area contributed by atoms with Gasteiger partial charge in [-0.15, -0.1) is 11.3 Å². The number of thiazole rings is 1. The van der Waals surface area contributed by atoms with Gasteiger partial charge in [0, 0.05) is 22.5 Å². The highest BCUT2D eigenvalue weighted by Gasteiger charge is 2.17. The molecule has 0 saturated heterocycles. The van der Waals surface area contributed by atoms with E-state index in [0.717, 1.165) is 29.4 Å². The van der Waals surface area contributed by atoms with E-state index in [9.17, 15) is 4.79 Å². The first kappa shape index (κ1) is 12.1. The van der Waals surface area contributed by atoms with Crippen LogP contribution in [0.1, 0.15) is 34.4 Å². The van der Waals surface area contributed by atoms with Crippen LogP contribution in [0.2, 0.25) is 0 Å². The van der Waals surface area contributed by atoms with Crippen molar-refractivity contribution in [2.75, 3.05) is 0 Å². The summed E-state index contributed by atoms with van der Waals surface area (Å²) in [7, 11) is 0. The van der Waals surface area contributed by atoms with Crippen molar-refractivity contribution < 1.29 is 4.79 Å². The van der Waals surface area contributed by atoms with E-state index in [-0.39, 0.29) is 5.78 Å². The highest BCUT2D eigenvalue weighted by Crippen LogP contribution is 2.22. The minimum absolute atomic E-state index is 0.00445. The van der Waals surface area contributed by atoms with Crippen LogP contribution in [0.4, 0.5) is 0 Å². The molecule has 0 fully saturated rings. The van der Waals surface area contributed by atoms with Gasteiger partial charge in [0.1, 0.15) is 0 Å². The van der Waals surface area contributed by atoms with Gasteiger partial charge in [0.05, 0.1) is 11.3 Å². The van der Waals surface area contributed by atoms with Crippen LogP contribution >= 0.6 is 11.3 Å². The molecule has 0 aliphatic heterocycles. The third-order valence-electron chi connectivity index (χ3n) is 3.09. The van der Waals surface area contributed by atoms with E-state index >= 15 is 0 Å². The van der Waals surface area contributed by atoms with Crippen LogP contribution in [0.25, 0.3) is 10.9 Å². The number of hydrogen-bond acceptors (Lipinski definition) is 3. The molecule has 1 N–H and O–H groups in total. The van der Waals surface area contributed by atoms with E-state index < -0.39 is 0 Å². The number of fused-ring (bicyclic) bond motifs is 1. The minimum Gasteiger partial charge on any atom is -0.360 e. The summed E-state index contributed by atoms with van der Waals surface area (Å²) in [6.45, 7) is 2.11. The molecule has 0 spiro atoms. The molecule has 0 unspecified atom stereocenters. The van der Waals surface area contributed by atoms with E-state index in [4.69, 9.17) is 0 Å². The van der Waals surface area contributed by atoms with Crippen molar-refractivity contribution in [3.05, 3.63) is 52.1 Å². The SMILES string of the molecule is CCCc1csc(C(=O)c2c[nH]c3ccccc23)n1. The lowest BCUT2D eigenvalue weighted by atomic mass is 10.1. The number of nitrogens with zero attached hydrogens (tertiary/aromatic N) is 1. The quantitative estimate of drug-likeness (QED) is 0.733. The predicted octanol–water partition coefficient (Wildman–Crippen LogP) is 3.81. The van der Waals surface area contributed by atoms with Crippen molar-refractivity contribution in [1.82, 2.24) is 9.97 Å². The lowest BCUT2D eigenvalue weighted by molar-refractivity contribution is 0.104. The summed E-state index contributed by atoms with van der Waals surface area (Å²) in [5.41, 5.74) is 2.69. The second kappa shape index (κ2) is 4.97. The van der Waals surface area contributed by atoms with Gasteiger partial charge >= 0.3 is 0 Å². The maximum Gasteiger partial charge on any atom is 0.223 e. The second-order valence-corrected chi connectivity index (χ2v) is 5.33. The number of ketones is 1. The molecule has 0 radical (unpaired) electrons. The monoisotopic (exact) mass is 270 g/mol. The number of nitrogens with one attached hydrogen (secondary N) is 1. The Labute approximate surface area is 115 Å². The zero-order valence-corrected chi connectivity index (χ0v) is 11.5. The smallest absolute Gasteiger partial charge is 0.223 e. The average molecular weight is 270 g/mol. The summed E-state index contributed by atoms with van der Waals surface area (Å²) in [5, 5.41) is 3.51. The van der Waals surface area contributed by atoms with E-state index in [0.29, 0.717) is 10.6 Å². The summed E-state index contributed by atoms with van der Waals surface area (Å²) in [5.74, 6) is 0.00445. The van der Waals surface area contributed by atoms with Crippen LogP contribution in [0, 0.1) is 0 Å². The van der Waals surface area contributed by atoms with Crippen LogP contribution < -0.4 is 0 Å². The van der Waals surface area contributed by atoms with Gasteiger partial charge in [0.15, 0.2) is 5.01 Å². The Morgan fingerprint density at radius 3 is 3.05 bits per heavy atom. The topological polar surface area (TPSA) is 45.8 Å². The van der Waals surface area contributed by atoms with Gasteiger partial charge < -0.3 is 4.98 Å². The molecule has 0 bridgehead atoms. The number of benzene rings is 1. The third-order valence-corrected chi connectivity index (χ3v) is 3.98. The normalized spacial score (nSPS) is 11.0. The Balaban J connectivity index is 1.98. The first-order valence-electron chi connectivity index (χ1n) is 6.35. The van der Waals surface area contributed by atoms with Crippen LogP contribution in [0.5, 0.6) is 0 Å². The number of para-hydroxylation sites is 1. The number of aryl methyl sites for hydroxylation is 1. The Hall–Kier alpha value is -1.94. The molecular formula is C15H14N2OS. The van der Waals surface area contributed by atoms with Crippen molar-refractivity contribution in [2.45, 2.75) is 19.8 Å². The highest BCUT2D eigenvalue weighted by atomic mass is 32.1. The van der Waals surface area contributed by atoms with E-state index in [1.54, 1.807) is 6.20 Å². The molecule has 96 valence electrons. The summed E-state index contributed by atoms with van der Waals surface area (Å²) in [4.78, 5) is 20.0. The van der Waals surface area contributed by atoms with Gasteiger partial charge in [-0.3, -0.25) is 4.79 Å². The van der Waals surface area contributed by atoms with Gasteiger partial charge in [0.2, 0.25) is 5.78 Å². The number of rotatable bonds is 4. The molecule has 0 amide bonds. The largest absolute Gasteiger partial charge is 0.360 e. The van der Waals surface area contributed by atoms with Crippen molar-refractivity contribution in [3.8, 4) is 0 Å². The van der Waals surface area contributed by atoms with Crippen LogP contribution in [-0.2, 0) is 6.42 Å². The summed E-state index contributed by atoms with van der Waals surface area (Å²) in [6.07, 6.45) is 3.75. The van der Waals surface area contributed by atoms with Crippen molar-refractivity contribution >= 4 is 28.0 Å². The maximum atomic E-state index is 12.5. The number of aromatic nitrogens is 2. The minimum atomic E-state index is 0.00445. The summed E-state index contributed by atoms with van der Waals surface area (Å²) < 4.78 is 0. The van der Waals surface area contributed by atoms with Crippen LogP contribution in [-0.4, -0.2) is 15.8 Å². The standard InChI is InChI=1S/C15H14N2OS/c1-2-5-10-9-19-15(17-10)14(18)12-8-16-13-7-4-3-6-11(12)13/h3-4,6-9,16H,2,5H2,1H3. The molecule has 19 heavy (non-hydrogen) atoms. The Morgan fingerprint density at radius 1 is 1.37 bits per heavy atom. The Bertz CT molecular complexity index is 726. The maximum absolute atomic E-state index is 12.5. The van der Waals surface area contributed by atoms with Crippen molar-refractivity contribution in [3.63, 3.8) is 0 Å². The number of carbonyl (C=O) groups is 1. The van der Waals surface area contributed by atoms with Gasteiger partial charge in [-0.05, 0) is 12.5 Å². The number of hydrogen-bond donors (Lipinski definition) is 1. The van der Waals surface area contributed by atoms with Crippen molar-refractivity contribution in [1.29, 1.82) is 0 Å². The van der Waals surface area contributed by atoms with Gasteiger partial charge in [-0.2, -0.15) is 0 Å². The molecular weight excluding hydrogens is 256 g/mol. The lowest BCUT2D eigenvalue weighted by Crippen LogP contribution is -2.00. The number of aromatic amines is 1. The van der Waals surface area contributed by atoms with Gasteiger partial charge in [0.25, 0.3) is 0 Å². The fourth-order valence-corrected chi connectivity index (χ4v) is 2.96. The zero-order chi connectivity index (χ0) is 13.2. The molecule has 2 heterocycles. The average Bonchev–Trinajstić information content (AvgIpc) is 3.05. The molecule has 3 nitrogen and oxygen atoms in total.